The van der Waals surface area contributed by atoms with Gasteiger partial charge in [-0.05, 0) is 67.9 Å². The highest BCUT2D eigenvalue weighted by Gasteiger charge is 2.34. The van der Waals surface area contributed by atoms with Crippen LogP contribution in [0.25, 0.3) is 0 Å². The quantitative estimate of drug-likeness (QED) is 0.396. The molecule has 2 aromatic carbocycles. The van der Waals surface area contributed by atoms with Crippen molar-refractivity contribution in [3.63, 3.8) is 0 Å². The van der Waals surface area contributed by atoms with Gasteiger partial charge in [-0.3, -0.25) is 4.79 Å². The van der Waals surface area contributed by atoms with Gasteiger partial charge < -0.3 is 19.5 Å². The van der Waals surface area contributed by atoms with Gasteiger partial charge in [0.05, 0.1) is 24.2 Å². The summed E-state index contributed by atoms with van der Waals surface area (Å²) in [5.41, 5.74) is 2.37. The SMILES string of the molecule is COc1cc(C)c(S(=O)(=O)N(CCOCC(=O)N2CCC(O)(Cc3ccccc3)CC2)CC(C)C)c(C)c1C. The van der Waals surface area contributed by atoms with Crippen molar-refractivity contribution in [3.8, 4) is 5.75 Å². The highest BCUT2D eigenvalue weighted by Crippen LogP contribution is 2.32. The lowest BCUT2D eigenvalue weighted by Crippen LogP contribution is -2.48. The second-order valence-corrected chi connectivity index (χ2v) is 12.9. The van der Waals surface area contributed by atoms with Crippen molar-refractivity contribution >= 4 is 15.9 Å². The van der Waals surface area contributed by atoms with Gasteiger partial charge in [-0.25, -0.2) is 8.42 Å². The maximum atomic E-state index is 13.8. The van der Waals surface area contributed by atoms with Gasteiger partial charge in [-0.15, -0.1) is 0 Å². The van der Waals surface area contributed by atoms with E-state index >= 15 is 0 Å². The minimum Gasteiger partial charge on any atom is -0.496 e. The van der Waals surface area contributed by atoms with Gasteiger partial charge in [0.2, 0.25) is 15.9 Å². The third-order valence-electron chi connectivity index (χ3n) is 7.50. The van der Waals surface area contributed by atoms with E-state index in [0.717, 1.165) is 11.1 Å². The normalized spacial score (nSPS) is 15.7. The summed E-state index contributed by atoms with van der Waals surface area (Å²) in [6.07, 6.45) is 1.58. The topological polar surface area (TPSA) is 96.4 Å². The Kier molecular flexibility index (Phi) is 10.6. The van der Waals surface area contributed by atoms with Crippen LogP contribution in [0, 0.1) is 26.7 Å². The lowest BCUT2D eigenvalue weighted by atomic mass is 9.85. The highest BCUT2D eigenvalue weighted by molar-refractivity contribution is 7.89. The van der Waals surface area contributed by atoms with Crippen LogP contribution in [-0.4, -0.2) is 80.7 Å². The number of hydrogen-bond donors (Lipinski definition) is 1. The molecule has 39 heavy (non-hydrogen) atoms. The monoisotopic (exact) mass is 560 g/mol. The molecule has 2 aromatic rings. The molecular formula is C30H44N2O6S. The van der Waals surface area contributed by atoms with Crippen molar-refractivity contribution in [1.82, 2.24) is 9.21 Å². The van der Waals surface area contributed by atoms with Gasteiger partial charge in [-0.2, -0.15) is 4.31 Å². The number of carbonyl (C=O) groups is 1. The van der Waals surface area contributed by atoms with Crippen molar-refractivity contribution in [3.05, 3.63) is 58.7 Å². The standard InChI is InChI=1S/C30H44N2O6S/c1-22(2)20-32(39(35,36)29-23(3)18-27(37-6)24(4)25(29)5)16-17-38-21-28(33)31-14-12-30(34,13-15-31)19-26-10-8-7-9-11-26/h7-11,18,22,34H,12-17,19-21H2,1-6H3. The Morgan fingerprint density at radius 2 is 1.74 bits per heavy atom. The van der Waals surface area contributed by atoms with E-state index in [9.17, 15) is 18.3 Å². The zero-order valence-corrected chi connectivity index (χ0v) is 25.0. The summed E-state index contributed by atoms with van der Waals surface area (Å²) in [4.78, 5) is 14.8. The molecule has 0 aromatic heterocycles. The van der Waals surface area contributed by atoms with E-state index in [1.54, 1.807) is 31.9 Å². The molecule has 0 aliphatic carbocycles. The Balaban J connectivity index is 1.57. The summed E-state index contributed by atoms with van der Waals surface area (Å²) in [5.74, 6) is 0.634. The zero-order chi connectivity index (χ0) is 28.8. The van der Waals surface area contributed by atoms with E-state index in [1.165, 1.54) is 4.31 Å². The molecular weight excluding hydrogens is 516 g/mol. The molecule has 9 heteroatoms. The predicted molar refractivity (Wildman–Crippen MR) is 153 cm³/mol. The van der Waals surface area contributed by atoms with Gasteiger partial charge in [0.1, 0.15) is 12.4 Å². The van der Waals surface area contributed by atoms with E-state index in [1.807, 2.05) is 51.1 Å². The maximum absolute atomic E-state index is 13.8. The van der Waals surface area contributed by atoms with Crippen LogP contribution in [0.1, 0.15) is 48.9 Å². The number of piperidine rings is 1. The largest absolute Gasteiger partial charge is 0.496 e. The molecule has 1 heterocycles. The van der Waals surface area contributed by atoms with E-state index in [-0.39, 0.29) is 31.6 Å². The molecule has 0 spiro atoms. The summed E-state index contributed by atoms with van der Waals surface area (Å²) in [6, 6.07) is 11.6. The van der Waals surface area contributed by atoms with Crippen molar-refractivity contribution < 1.29 is 27.8 Å². The first-order chi connectivity index (χ1) is 18.4. The third-order valence-corrected chi connectivity index (χ3v) is 9.65. The Morgan fingerprint density at radius 3 is 2.33 bits per heavy atom. The van der Waals surface area contributed by atoms with Crippen LogP contribution in [0.5, 0.6) is 5.75 Å². The molecule has 0 atom stereocenters. The smallest absolute Gasteiger partial charge is 0.248 e. The molecule has 3 rings (SSSR count). The summed E-state index contributed by atoms with van der Waals surface area (Å²) < 4.78 is 40.1. The van der Waals surface area contributed by atoms with E-state index in [4.69, 9.17) is 9.47 Å². The maximum Gasteiger partial charge on any atom is 0.248 e. The number of nitrogens with zero attached hydrogens (tertiary/aromatic N) is 2. The van der Waals surface area contributed by atoms with Crippen molar-refractivity contribution in [2.45, 2.75) is 64.4 Å². The van der Waals surface area contributed by atoms with Crippen LogP contribution in [0.4, 0.5) is 0 Å². The zero-order valence-electron chi connectivity index (χ0n) is 24.2. The number of aliphatic hydroxyl groups is 1. The number of ether oxygens (including phenoxy) is 2. The van der Waals surface area contributed by atoms with Crippen LogP contribution < -0.4 is 4.74 Å². The third kappa shape index (κ3) is 7.81. The Hall–Kier alpha value is -2.46. The van der Waals surface area contributed by atoms with E-state index in [0.29, 0.717) is 60.7 Å². The molecule has 1 amide bonds. The number of methoxy groups -OCH3 is 1. The average molecular weight is 561 g/mol. The van der Waals surface area contributed by atoms with Gasteiger partial charge >= 0.3 is 0 Å². The molecule has 0 bridgehead atoms. The van der Waals surface area contributed by atoms with Crippen LogP contribution >= 0.6 is 0 Å². The molecule has 1 saturated heterocycles. The Bertz CT molecular complexity index is 1220. The number of rotatable bonds is 12. The lowest BCUT2D eigenvalue weighted by Gasteiger charge is -2.38. The highest BCUT2D eigenvalue weighted by atomic mass is 32.2. The first-order valence-electron chi connectivity index (χ1n) is 13.6. The molecule has 8 nitrogen and oxygen atoms in total. The van der Waals surface area contributed by atoms with Crippen LogP contribution in [0.3, 0.4) is 0 Å². The Labute approximate surface area is 234 Å². The van der Waals surface area contributed by atoms with Crippen LogP contribution in [-0.2, 0) is 26.0 Å². The Morgan fingerprint density at radius 1 is 1.10 bits per heavy atom. The number of carbonyl (C=O) groups excluding carboxylic acids is 1. The molecule has 0 saturated carbocycles. The van der Waals surface area contributed by atoms with Crippen molar-refractivity contribution in [1.29, 1.82) is 0 Å². The molecule has 1 aliphatic rings. The second kappa shape index (κ2) is 13.3. The predicted octanol–water partition coefficient (Wildman–Crippen LogP) is 3.88. The molecule has 1 N–H and O–H groups in total. The summed E-state index contributed by atoms with van der Waals surface area (Å²) >= 11 is 0. The minimum atomic E-state index is -3.79. The van der Waals surface area contributed by atoms with Crippen LogP contribution in [0.15, 0.2) is 41.3 Å². The summed E-state index contributed by atoms with van der Waals surface area (Å²) in [5, 5.41) is 11.0. The van der Waals surface area contributed by atoms with Gasteiger partial charge in [0, 0.05) is 32.6 Å². The van der Waals surface area contributed by atoms with Gasteiger partial charge in [-0.1, -0.05) is 44.2 Å². The van der Waals surface area contributed by atoms with E-state index < -0.39 is 15.6 Å². The number of amides is 1. The average Bonchev–Trinajstić information content (AvgIpc) is 2.88. The van der Waals surface area contributed by atoms with Crippen molar-refractivity contribution in [2.24, 2.45) is 5.92 Å². The number of likely N-dealkylation sites (tertiary alicyclic amines) is 1. The number of benzene rings is 2. The molecule has 1 fully saturated rings. The fourth-order valence-corrected chi connectivity index (χ4v) is 7.29. The summed E-state index contributed by atoms with van der Waals surface area (Å²) in [7, 11) is -2.21. The summed E-state index contributed by atoms with van der Waals surface area (Å²) in [6.45, 7) is 10.8. The molecule has 216 valence electrons. The van der Waals surface area contributed by atoms with E-state index in [2.05, 4.69) is 0 Å². The van der Waals surface area contributed by atoms with Crippen molar-refractivity contribution in [2.75, 3.05) is 46.5 Å². The number of hydrogen-bond acceptors (Lipinski definition) is 6. The molecule has 0 unspecified atom stereocenters. The molecule has 1 aliphatic heterocycles. The van der Waals surface area contributed by atoms with Gasteiger partial charge in [0.15, 0.2) is 0 Å². The van der Waals surface area contributed by atoms with Crippen LogP contribution in [0.2, 0.25) is 0 Å². The first kappa shape index (κ1) is 31.1. The first-order valence-corrected chi connectivity index (χ1v) is 15.1. The molecule has 0 radical (unpaired) electrons. The van der Waals surface area contributed by atoms with Gasteiger partial charge in [0.25, 0.3) is 0 Å². The number of aryl methyl sites for hydroxylation is 1. The minimum absolute atomic E-state index is 0.108. The number of sulfonamides is 1. The second-order valence-electron chi connectivity index (χ2n) is 11.1. The fourth-order valence-electron chi connectivity index (χ4n) is 5.22. The lowest BCUT2D eigenvalue weighted by molar-refractivity contribution is -0.140. The fraction of sp³-hybridized carbons (Fsp3) is 0.567.